The molecule has 2 nitrogen and oxygen atoms in total. The molecule has 4 heteroatoms. The zero-order valence-electron chi connectivity index (χ0n) is 8.73. The normalized spacial score (nSPS) is 32.6. The van der Waals surface area contributed by atoms with E-state index in [9.17, 15) is 8.42 Å². The molecule has 0 N–H and O–H groups in total. The monoisotopic (exact) mass is 234 g/mol. The van der Waals surface area contributed by atoms with Crippen molar-refractivity contribution >= 4 is 27.8 Å². The molecular weight excluding hydrogens is 216 g/mol. The van der Waals surface area contributed by atoms with Crippen LogP contribution in [0.25, 0.3) is 0 Å². The van der Waals surface area contributed by atoms with E-state index in [1.54, 1.807) is 6.92 Å². The van der Waals surface area contributed by atoms with Gasteiger partial charge in [0.25, 0.3) is 0 Å². The number of hydrogen-bond donors (Lipinski definition) is 1. The molecule has 1 rings (SSSR count). The van der Waals surface area contributed by atoms with Crippen molar-refractivity contribution in [2.45, 2.75) is 44.8 Å². The van der Waals surface area contributed by atoms with E-state index >= 15 is 0 Å². The van der Waals surface area contributed by atoms with Crippen molar-refractivity contribution < 1.29 is 8.42 Å². The minimum Gasteiger partial charge on any atom is -0.185 e. The van der Waals surface area contributed by atoms with Crippen molar-refractivity contribution in [3.63, 3.8) is 0 Å². The highest BCUT2D eigenvalue weighted by Gasteiger charge is 2.25. The van der Waals surface area contributed by atoms with Gasteiger partial charge in [0.2, 0.25) is 10.3 Å². The maximum absolute atomic E-state index is 10.7. The van der Waals surface area contributed by atoms with Crippen molar-refractivity contribution in [3.8, 4) is 0 Å². The van der Waals surface area contributed by atoms with Crippen molar-refractivity contribution in [1.82, 2.24) is 0 Å². The van der Waals surface area contributed by atoms with E-state index in [4.69, 9.17) is 0 Å². The Hall–Kier alpha value is 0.0400. The van der Waals surface area contributed by atoms with Crippen molar-refractivity contribution in [2.75, 3.05) is 0 Å². The first-order valence-corrected chi connectivity index (χ1v) is 6.69. The Labute approximate surface area is 93.0 Å². The third-order valence-corrected chi connectivity index (χ3v) is 4.58. The summed E-state index contributed by atoms with van der Waals surface area (Å²) in [5.74, 6) is 1.19. The fraction of sp³-hybridized carbons (Fsp3) is 0.900. The molecular formula is C10H18O2S2. The summed E-state index contributed by atoms with van der Waals surface area (Å²) >= 11 is 4.53. The van der Waals surface area contributed by atoms with Gasteiger partial charge in [-0.1, -0.05) is 6.92 Å². The topological polar surface area (TPSA) is 34.1 Å². The van der Waals surface area contributed by atoms with Crippen LogP contribution >= 0.6 is 12.6 Å². The predicted octanol–water partition coefficient (Wildman–Crippen LogP) is 2.18. The van der Waals surface area contributed by atoms with Crippen LogP contribution in [0.2, 0.25) is 0 Å². The molecule has 1 fully saturated rings. The lowest BCUT2D eigenvalue weighted by molar-refractivity contribution is 0.308. The van der Waals surface area contributed by atoms with E-state index in [1.165, 1.54) is 6.42 Å². The molecule has 1 saturated carbocycles. The summed E-state index contributed by atoms with van der Waals surface area (Å²) in [5, 5.41) is 0.446. The van der Waals surface area contributed by atoms with Crippen LogP contribution in [0.5, 0.6) is 0 Å². The highest BCUT2D eigenvalue weighted by molar-refractivity contribution is 7.81. The molecule has 1 aliphatic carbocycles. The molecule has 14 heavy (non-hydrogen) atoms. The highest BCUT2D eigenvalue weighted by Crippen LogP contribution is 2.33. The third kappa shape index (κ3) is 3.31. The quantitative estimate of drug-likeness (QED) is 0.587. The first-order valence-electron chi connectivity index (χ1n) is 5.10. The van der Waals surface area contributed by atoms with Gasteiger partial charge in [-0.3, -0.25) is 0 Å². The van der Waals surface area contributed by atoms with E-state index in [0.717, 1.165) is 19.3 Å². The number of thiol groups is 1. The molecule has 3 atom stereocenters. The summed E-state index contributed by atoms with van der Waals surface area (Å²) in [5.41, 5.74) is 0. The van der Waals surface area contributed by atoms with Crippen molar-refractivity contribution in [1.29, 1.82) is 0 Å². The summed E-state index contributed by atoms with van der Waals surface area (Å²) in [7, 11) is -1.99. The average Bonchev–Trinajstić information content (AvgIpc) is 2.11. The van der Waals surface area contributed by atoms with E-state index in [2.05, 4.69) is 19.6 Å². The second-order valence-corrected chi connectivity index (χ2v) is 6.19. The Balaban J connectivity index is 2.53. The average molecular weight is 234 g/mol. The molecule has 0 aromatic heterocycles. The largest absolute Gasteiger partial charge is 0.212 e. The SMILES string of the molecule is CC(CC1CCC(C)C(S)C1)=S(=O)=O. The van der Waals surface area contributed by atoms with Crippen molar-refractivity contribution in [2.24, 2.45) is 11.8 Å². The van der Waals surface area contributed by atoms with E-state index < -0.39 is 10.3 Å². The lowest BCUT2D eigenvalue weighted by atomic mass is 9.80. The van der Waals surface area contributed by atoms with E-state index in [1.807, 2.05) is 0 Å². The van der Waals surface area contributed by atoms with Gasteiger partial charge >= 0.3 is 0 Å². The van der Waals surface area contributed by atoms with Crippen LogP contribution in [0, 0.1) is 11.8 Å². The molecule has 0 radical (unpaired) electrons. The molecule has 0 bridgehead atoms. The summed E-state index contributed by atoms with van der Waals surface area (Å²) in [6, 6.07) is 0. The zero-order chi connectivity index (χ0) is 10.7. The Morgan fingerprint density at radius 1 is 1.43 bits per heavy atom. The Morgan fingerprint density at radius 3 is 2.57 bits per heavy atom. The number of rotatable bonds is 2. The molecule has 0 aliphatic heterocycles. The summed E-state index contributed by atoms with van der Waals surface area (Å²) in [4.78, 5) is 0.588. The molecule has 0 saturated heterocycles. The standard InChI is InChI=1S/C10H18O2S2/c1-7-3-4-9(6-10(7)13)5-8(2)14(11)12/h7,9-10,13H,3-6H2,1-2H3. The van der Waals surface area contributed by atoms with Crippen LogP contribution in [0.3, 0.4) is 0 Å². The Morgan fingerprint density at radius 2 is 2.07 bits per heavy atom. The molecule has 3 unspecified atom stereocenters. The fourth-order valence-corrected chi connectivity index (χ4v) is 2.86. The number of hydrogen-bond acceptors (Lipinski definition) is 3. The molecule has 1 aliphatic rings. The lowest BCUT2D eigenvalue weighted by Crippen LogP contribution is -2.24. The van der Waals surface area contributed by atoms with Crippen LogP contribution in [-0.2, 0) is 10.3 Å². The Kier molecular flexibility index (Phi) is 4.51. The van der Waals surface area contributed by atoms with Gasteiger partial charge in [-0.05, 0) is 44.4 Å². The van der Waals surface area contributed by atoms with Gasteiger partial charge in [-0.25, -0.2) is 0 Å². The van der Waals surface area contributed by atoms with Crippen molar-refractivity contribution in [3.05, 3.63) is 0 Å². The molecule has 0 aromatic carbocycles. The van der Waals surface area contributed by atoms with Gasteiger partial charge in [0.05, 0.1) is 0 Å². The van der Waals surface area contributed by atoms with Crippen LogP contribution in [0.15, 0.2) is 0 Å². The van der Waals surface area contributed by atoms with Crippen LogP contribution in [-0.4, -0.2) is 18.5 Å². The second kappa shape index (κ2) is 5.21. The summed E-state index contributed by atoms with van der Waals surface area (Å²) < 4.78 is 21.3. The predicted molar refractivity (Wildman–Crippen MR) is 63.5 cm³/mol. The van der Waals surface area contributed by atoms with E-state index in [-0.39, 0.29) is 0 Å². The third-order valence-electron chi connectivity index (χ3n) is 3.12. The minimum atomic E-state index is -1.99. The summed E-state index contributed by atoms with van der Waals surface area (Å²) in [6.45, 7) is 3.92. The summed E-state index contributed by atoms with van der Waals surface area (Å²) in [6.07, 6.45) is 4.10. The van der Waals surface area contributed by atoms with Gasteiger partial charge < -0.3 is 0 Å². The van der Waals surface area contributed by atoms with Gasteiger partial charge in [0.1, 0.15) is 0 Å². The molecule has 0 heterocycles. The molecule has 0 spiro atoms. The van der Waals surface area contributed by atoms with Gasteiger partial charge in [-0.2, -0.15) is 21.0 Å². The molecule has 82 valence electrons. The lowest BCUT2D eigenvalue weighted by Gasteiger charge is -2.31. The highest BCUT2D eigenvalue weighted by atomic mass is 32.2. The van der Waals surface area contributed by atoms with Gasteiger partial charge in [-0.15, -0.1) is 0 Å². The second-order valence-electron chi connectivity index (χ2n) is 4.36. The fourth-order valence-electron chi connectivity index (χ4n) is 2.04. The first kappa shape index (κ1) is 12.1. The smallest absolute Gasteiger partial charge is 0.185 e. The van der Waals surface area contributed by atoms with Crippen LogP contribution in [0.4, 0.5) is 0 Å². The first-order chi connectivity index (χ1) is 6.50. The van der Waals surface area contributed by atoms with Crippen LogP contribution in [0.1, 0.15) is 39.5 Å². The maximum atomic E-state index is 10.7. The zero-order valence-corrected chi connectivity index (χ0v) is 10.4. The van der Waals surface area contributed by atoms with E-state index in [0.29, 0.717) is 22.0 Å². The van der Waals surface area contributed by atoms with Gasteiger partial charge in [0.15, 0.2) is 0 Å². The minimum absolute atomic E-state index is 0.446. The molecule has 0 aromatic rings. The van der Waals surface area contributed by atoms with Crippen LogP contribution < -0.4 is 0 Å². The Bertz CT molecular complexity index is 311. The van der Waals surface area contributed by atoms with Gasteiger partial charge in [0, 0.05) is 10.1 Å². The maximum Gasteiger partial charge on any atom is 0.212 e. The molecule has 0 amide bonds.